The van der Waals surface area contributed by atoms with Crippen molar-refractivity contribution in [1.29, 1.82) is 0 Å². The predicted molar refractivity (Wildman–Crippen MR) is 102 cm³/mol. The summed E-state index contributed by atoms with van der Waals surface area (Å²) in [5, 5.41) is 0.841. The minimum absolute atomic E-state index is 0.292. The van der Waals surface area contributed by atoms with Gasteiger partial charge in [0.1, 0.15) is 4.90 Å². The zero-order valence-electron chi connectivity index (χ0n) is 14.7. The summed E-state index contributed by atoms with van der Waals surface area (Å²) in [6.07, 6.45) is 3.37. The van der Waals surface area contributed by atoms with E-state index in [1.165, 1.54) is 17.3 Å². The van der Waals surface area contributed by atoms with Crippen molar-refractivity contribution in [2.75, 3.05) is 13.1 Å². The second-order valence-corrected chi connectivity index (χ2v) is 9.56. The highest BCUT2D eigenvalue weighted by Gasteiger charge is 2.27. The number of pyridine rings is 1. The first-order chi connectivity index (χ1) is 12.0. The Morgan fingerprint density at radius 1 is 1.08 bits per heavy atom. The summed E-state index contributed by atoms with van der Waals surface area (Å²) in [6.45, 7) is 5.60. The molecule has 0 radical (unpaired) electrons. The van der Waals surface area contributed by atoms with Gasteiger partial charge in [-0.3, -0.25) is 0 Å². The first-order valence-corrected chi connectivity index (χ1v) is 11.1. The summed E-state index contributed by atoms with van der Waals surface area (Å²) in [6, 6.07) is 12.1. The summed E-state index contributed by atoms with van der Waals surface area (Å²) in [5.41, 5.74) is 2.58. The van der Waals surface area contributed by atoms with Crippen LogP contribution in [-0.2, 0) is 15.8 Å². The number of hydrogen-bond donors (Lipinski definition) is 0. The third kappa shape index (κ3) is 4.43. The molecule has 1 saturated heterocycles. The standard InChI is InChI=1S/C19H24N2O2S2/c1-15(2)17-7-5-16(6-8-17)14-24-19-10-9-18(13-20-19)25(22,23)21-11-3-4-12-21/h5-10,13,15H,3-4,11-12,14H2,1-2H3. The van der Waals surface area contributed by atoms with Gasteiger partial charge in [-0.15, -0.1) is 11.8 Å². The van der Waals surface area contributed by atoms with Gasteiger partial charge < -0.3 is 0 Å². The van der Waals surface area contributed by atoms with E-state index >= 15 is 0 Å². The second kappa shape index (κ2) is 7.89. The minimum Gasteiger partial charge on any atom is -0.249 e. The molecule has 1 aliphatic rings. The van der Waals surface area contributed by atoms with Crippen LogP contribution in [0.5, 0.6) is 0 Å². The van der Waals surface area contributed by atoms with Crippen molar-refractivity contribution in [3.63, 3.8) is 0 Å². The highest BCUT2D eigenvalue weighted by Crippen LogP contribution is 2.25. The van der Waals surface area contributed by atoms with Crippen LogP contribution in [0.15, 0.2) is 52.5 Å². The first kappa shape index (κ1) is 18.4. The summed E-state index contributed by atoms with van der Waals surface area (Å²) < 4.78 is 26.5. The van der Waals surface area contributed by atoms with Gasteiger partial charge in [-0.2, -0.15) is 4.31 Å². The van der Waals surface area contributed by atoms with E-state index in [2.05, 4.69) is 43.1 Å². The lowest BCUT2D eigenvalue weighted by Crippen LogP contribution is -2.27. The van der Waals surface area contributed by atoms with Crippen LogP contribution in [0.25, 0.3) is 0 Å². The van der Waals surface area contributed by atoms with Gasteiger partial charge in [0.05, 0.1) is 5.03 Å². The van der Waals surface area contributed by atoms with Crippen LogP contribution in [0.1, 0.15) is 43.7 Å². The Balaban J connectivity index is 1.62. The molecule has 1 aromatic carbocycles. The Labute approximate surface area is 154 Å². The lowest BCUT2D eigenvalue weighted by Gasteiger charge is -2.15. The summed E-state index contributed by atoms with van der Waals surface area (Å²) in [4.78, 5) is 4.63. The molecule has 4 nitrogen and oxygen atoms in total. The van der Waals surface area contributed by atoms with E-state index in [4.69, 9.17) is 0 Å². The average molecular weight is 377 g/mol. The van der Waals surface area contributed by atoms with Crippen LogP contribution in [0.4, 0.5) is 0 Å². The largest absolute Gasteiger partial charge is 0.249 e. The normalized spacial score (nSPS) is 15.8. The highest BCUT2D eigenvalue weighted by molar-refractivity contribution is 7.98. The molecular weight excluding hydrogens is 352 g/mol. The lowest BCUT2D eigenvalue weighted by atomic mass is 10.0. The Kier molecular flexibility index (Phi) is 5.81. The number of aromatic nitrogens is 1. The molecule has 0 N–H and O–H groups in total. The maximum Gasteiger partial charge on any atom is 0.244 e. The molecule has 1 aromatic heterocycles. The zero-order valence-corrected chi connectivity index (χ0v) is 16.3. The summed E-state index contributed by atoms with van der Waals surface area (Å²) >= 11 is 1.62. The Morgan fingerprint density at radius 3 is 2.32 bits per heavy atom. The van der Waals surface area contributed by atoms with Crippen molar-refractivity contribution < 1.29 is 8.42 Å². The molecule has 3 rings (SSSR count). The monoisotopic (exact) mass is 376 g/mol. The fourth-order valence-electron chi connectivity index (χ4n) is 2.84. The number of thioether (sulfide) groups is 1. The molecule has 0 saturated carbocycles. The maximum atomic E-state index is 12.5. The van der Waals surface area contributed by atoms with Crippen molar-refractivity contribution in [1.82, 2.24) is 9.29 Å². The molecule has 2 heterocycles. The van der Waals surface area contributed by atoms with E-state index in [-0.39, 0.29) is 0 Å². The molecule has 0 bridgehead atoms. The molecule has 0 amide bonds. The number of nitrogens with zero attached hydrogens (tertiary/aromatic N) is 2. The molecule has 0 atom stereocenters. The minimum atomic E-state index is -3.37. The molecule has 1 fully saturated rings. The molecule has 1 aliphatic heterocycles. The Hall–Kier alpha value is -1.37. The van der Waals surface area contributed by atoms with Crippen molar-refractivity contribution >= 4 is 21.8 Å². The van der Waals surface area contributed by atoms with Crippen molar-refractivity contribution in [2.24, 2.45) is 0 Å². The SMILES string of the molecule is CC(C)c1ccc(CSc2ccc(S(=O)(=O)N3CCCC3)cn2)cc1. The summed E-state index contributed by atoms with van der Waals surface area (Å²) in [7, 11) is -3.37. The van der Waals surface area contributed by atoms with Crippen LogP contribution >= 0.6 is 11.8 Å². The van der Waals surface area contributed by atoms with E-state index in [1.807, 2.05) is 0 Å². The second-order valence-electron chi connectivity index (χ2n) is 6.63. The van der Waals surface area contributed by atoms with E-state index in [0.717, 1.165) is 23.6 Å². The van der Waals surface area contributed by atoms with Gasteiger partial charge >= 0.3 is 0 Å². The van der Waals surface area contributed by atoms with Gasteiger partial charge in [-0.05, 0) is 42.0 Å². The lowest BCUT2D eigenvalue weighted by molar-refractivity contribution is 0.477. The quantitative estimate of drug-likeness (QED) is 0.706. The van der Waals surface area contributed by atoms with Gasteiger partial charge in [0.15, 0.2) is 0 Å². The number of benzene rings is 1. The Morgan fingerprint density at radius 2 is 1.76 bits per heavy atom. The van der Waals surface area contributed by atoms with Crippen molar-refractivity contribution in [2.45, 2.75) is 48.3 Å². The van der Waals surface area contributed by atoms with Crippen molar-refractivity contribution in [3.8, 4) is 0 Å². The van der Waals surface area contributed by atoms with E-state index < -0.39 is 10.0 Å². The fraction of sp³-hybridized carbons (Fsp3) is 0.421. The smallest absolute Gasteiger partial charge is 0.244 e. The number of sulfonamides is 1. The molecule has 2 aromatic rings. The van der Waals surface area contributed by atoms with Gasteiger partial charge in [0.25, 0.3) is 0 Å². The number of hydrogen-bond acceptors (Lipinski definition) is 4. The van der Waals surface area contributed by atoms with Crippen molar-refractivity contribution in [3.05, 3.63) is 53.7 Å². The Bertz CT molecular complexity index is 794. The molecule has 0 unspecified atom stereocenters. The predicted octanol–water partition coefficient (Wildman–Crippen LogP) is 4.28. The molecule has 134 valence electrons. The zero-order chi connectivity index (χ0) is 17.9. The van der Waals surface area contributed by atoms with E-state index in [9.17, 15) is 8.42 Å². The van der Waals surface area contributed by atoms with E-state index in [0.29, 0.717) is 23.9 Å². The van der Waals surface area contributed by atoms with Gasteiger partial charge in [-0.1, -0.05) is 38.1 Å². The molecule has 0 aliphatic carbocycles. The van der Waals surface area contributed by atoms with Crippen LogP contribution < -0.4 is 0 Å². The van der Waals surface area contributed by atoms with Crippen LogP contribution in [0.3, 0.4) is 0 Å². The van der Waals surface area contributed by atoms with Crippen LogP contribution in [0.2, 0.25) is 0 Å². The van der Waals surface area contributed by atoms with Crippen LogP contribution in [-0.4, -0.2) is 30.8 Å². The first-order valence-electron chi connectivity index (χ1n) is 8.64. The highest BCUT2D eigenvalue weighted by atomic mass is 32.2. The van der Waals surface area contributed by atoms with Gasteiger partial charge in [0, 0.05) is 25.0 Å². The fourth-order valence-corrected chi connectivity index (χ4v) is 5.10. The topological polar surface area (TPSA) is 50.3 Å². The number of rotatable bonds is 6. The third-order valence-corrected chi connectivity index (χ3v) is 7.34. The molecule has 0 spiro atoms. The molecule has 6 heteroatoms. The van der Waals surface area contributed by atoms with Gasteiger partial charge in [0.2, 0.25) is 10.0 Å². The van der Waals surface area contributed by atoms with Gasteiger partial charge in [-0.25, -0.2) is 13.4 Å². The third-order valence-electron chi connectivity index (χ3n) is 4.45. The summed E-state index contributed by atoms with van der Waals surface area (Å²) in [5.74, 6) is 1.36. The average Bonchev–Trinajstić information content (AvgIpc) is 3.16. The molecule has 25 heavy (non-hydrogen) atoms. The molecular formula is C19H24N2O2S2. The van der Waals surface area contributed by atoms with Crippen LogP contribution in [0, 0.1) is 0 Å². The maximum absolute atomic E-state index is 12.5. The van der Waals surface area contributed by atoms with E-state index in [1.54, 1.807) is 28.2 Å².